The number of hydrogen-bond donors (Lipinski definition) is 0. The lowest BCUT2D eigenvalue weighted by molar-refractivity contribution is 0.173. The van der Waals surface area contributed by atoms with Gasteiger partial charge in [-0.05, 0) is 38.8 Å². The Labute approximate surface area is 115 Å². The predicted octanol–water partition coefficient (Wildman–Crippen LogP) is 3.25. The van der Waals surface area contributed by atoms with E-state index in [-0.39, 0.29) is 11.6 Å². The van der Waals surface area contributed by atoms with E-state index in [4.69, 9.17) is 0 Å². The topological polar surface area (TPSA) is 36.4 Å². The number of anilines is 1. The first-order valence-corrected chi connectivity index (χ1v) is 6.87. The molecule has 1 fully saturated rings. The number of hydrogen-bond acceptors (Lipinski definition) is 2. The van der Waals surface area contributed by atoms with Crippen molar-refractivity contribution in [3.8, 4) is 0 Å². The van der Waals surface area contributed by atoms with E-state index in [0.29, 0.717) is 12.5 Å². The Kier molecular flexibility index (Phi) is 3.52. The van der Waals surface area contributed by atoms with Crippen molar-refractivity contribution < 1.29 is 4.79 Å². The summed E-state index contributed by atoms with van der Waals surface area (Å²) in [6.45, 7) is 11.9. The monoisotopic (exact) mass is 261 g/mol. The molecule has 0 unspecified atom stereocenters. The molecule has 1 aromatic rings. The molecule has 0 atom stereocenters. The number of carbonyl (C=O) groups is 1. The van der Waals surface area contributed by atoms with Gasteiger partial charge in [-0.1, -0.05) is 19.9 Å². The Morgan fingerprint density at radius 1 is 1.21 bits per heavy atom. The van der Waals surface area contributed by atoms with Gasteiger partial charge in [0.1, 0.15) is 5.82 Å². The third-order valence-corrected chi connectivity index (χ3v) is 3.44. The van der Waals surface area contributed by atoms with Crippen LogP contribution < -0.4 is 4.90 Å². The predicted molar refractivity (Wildman–Crippen MR) is 77.5 cm³/mol. The van der Waals surface area contributed by atoms with Gasteiger partial charge in [-0.3, -0.25) is 4.90 Å². The van der Waals surface area contributed by atoms with E-state index < -0.39 is 0 Å². The molecule has 0 aliphatic carbocycles. The highest BCUT2D eigenvalue weighted by atomic mass is 16.2. The molecule has 2 rings (SSSR count). The van der Waals surface area contributed by atoms with Gasteiger partial charge in [0.2, 0.25) is 0 Å². The Balaban J connectivity index is 2.25. The largest absolute Gasteiger partial charge is 0.326 e. The minimum Gasteiger partial charge on any atom is -0.318 e. The second kappa shape index (κ2) is 4.83. The maximum Gasteiger partial charge on any atom is 0.326 e. The maximum absolute atomic E-state index is 12.4. The van der Waals surface area contributed by atoms with E-state index in [2.05, 4.69) is 39.6 Å². The molecule has 2 amide bonds. The first-order valence-electron chi connectivity index (χ1n) is 6.87. The van der Waals surface area contributed by atoms with Gasteiger partial charge in [0.15, 0.2) is 0 Å². The number of nitrogens with zero attached hydrogens (tertiary/aromatic N) is 3. The lowest BCUT2D eigenvalue weighted by Gasteiger charge is -2.31. The smallest absolute Gasteiger partial charge is 0.318 e. The summed E-state index contributed by atoms with van der Waals surface area (Å²) >= 11 is 0. The van der Waals surface area contributed by atoms with Gasteiger partial charge < -0.3 is 4.90 Å². The minimum atomic E-state index is -0.137. The third kappa shape index (κ3) is 2.72. The van der Waals surface area contributed by atoms with Crippen molar-refractivity contribution in [3.05, 3.63) is 23.9 Å². The molecule has 0 radical (unpaired) electrons. The van der Waals surface area contributed by atoms with Crippen molar-refractivity contribution in [3.63, 3.8) is 0 Å². The summed E-state index contributed by atoms with van der Waals surface area (Å²) in [5.41, 5.74) is 0.890. The van der Waals surface area contributed by atoms with Crippen LogP contribution in [0.3, 0.4) is 0 Å². The van der Waals surface area contributed by atoms with Crippen LogP contribution in [0, 0.1) is 0 Å². The van der Waals surface area contributed by atoms with E-state index in [1.54, 1.807) is 4.90 Å². The van der Waals surface area contributed by atoms with Crippen LogP contribution in [-0.2, 0) is 0 Å². The lowest BCUT2D eigenvalue weighted by Crippen LogP contribution is -2.44. The normalized spacial score (nSPS) is 16.6. The summed E-state index contributed by atoms with van der Waals surface area (Å²) in [5.74, 6) is 1.14. The molecule has 4 nitrogen and oxygen atoms in total. The van der Waals surface area contributed by atoms with Crippen molar-refractivity contribution in [1.29, 1.82) is 0 Å². The van der Waals surface area contributed by atoms with Crippen molar-refractivity contribution >= 4 is 11.8 Å². The van der Waals surface area contributed by atoms with E-state index in [0.717, 1.165) is 18.1 Å². The molecule has 0 spiro atoms. The summed E-state index contributed by atoms with van der Waals surface area (Å²) in [4.78, 5) is 20.7. The highest BCUT2D eigenvalue weighted by Gasteiger charge is 2.36. The SMILES string of the molecule is CC(C)c1cccc(N2CCN(C(C)(C)C)C2=O)n1. The van der Waals surface area contributed by atoms with E-state index >= 15 is 0 Å². The van der Waals surface area contributed by atoms with Gasteiger partial charge in [-0.25, -0.2) is 9.78 Å². The number of carbonyl (C=O) groups excluding carboxylic acids is 1. The molecule has 2 heterocycles. The summed E-state index contributed by atoms with van der Waals surface area (Å²) in [7, 11) is 0. The second-order valence-corrected chi connectivity index (χ2v) is 6.33. The standard InChI is InChI=1S/C15H23N3O/c1-11(2)12-7-6-8-13(16-12)17-9-10-18(14(17)19)15(3,4)5/h6-8,11H,9-10H2,1-5H3. The molecule has 1 aromatic heterocycles. The van der Waals surface area contributed by atoms with Gasteiger partial charge in [-0.2, -0.15) is 0 Å². The van der Waals surface area contributed by atoms with Gasteiger partial charge in [-0.15, -0.1) is 0 Å². The molecule has 1 aliphatic heterocycles. The molecular formula is C15H23N3O. The molecular weight excluding hydrogens is 238 g/mol. The average Bonchev–Trinajstić information content (AvgIpc) is 2.71. The Morgan fingerprint density at radius 3 is 2.42 bits per heavy atom. The zero-order valence-corrected chi connectivity index (χ0v) is 12.5. The summed E-state index contributed by atoms with van der Waals surface area (Å²) in [6.07, 6.45) is 0. The van der Waals surface area contributed by atoms with Crippen LogP contribution in [0.1, 0.15) is 46.2 Å². The zero-order chi connectivity index (χ0) is 14.2. The first-order chi connectivity index (χ1) is 8.80. The molecule has 104 valence electrons. The van der Waals surface area contributed by atoms with Crippen molar-refractivity contribution in [2.24, 2.45) is 0 Å². The zero-order valence-electron chi connectivity index (χ0n) is 12.5. The number of pyridine rings is 1. The summed E-state index contributed by atoms with van der Waals surface area (Å²) in [6, 6.07) is 5.96. The summed E-state index contributed by atoms with van der Waals surface area (Å²) in [5, 5.41) is 0. The molecule has 1 saturated heterocycles. The van der Waals surface area contributed by atoms with Crippen molar-refractivity contribution in [2.75, 3.05) is 18.0 Å². The van der Waals surface area contributed by atoms with Crippen LogP contribution in [0.25, 0.3) is 0 Å². The molecule has 0 aromatic carbocycles. The molecule has 0 bridgehead atoms. The van der Waals surface area contributed by atoms with Crippen molar-refractivity contribution in [2.45, 2.75) is 46.1 Å². The van der Waals surface area contributed by atoms with Gasteiger partial charge in [0.25, 0.3) is 0 Å². The molecule has 1 aliphatic rings. The van der Waals surface area contributed by atoms with Crippen molar-refractivity contribution in [1.82, 2.24) is 9.88 Å². The molecule has 0 saturated carbocycles. The number of rotatable bonds is 2. The average molecular weight is 261 g/mol. The number of aromatic nitrogens is 1. The first kappa shape index (κ1) is 13.8. The van der Waals surface area contributed by atoms with Crippen LogP contribution in [-0.4, -0.2) is 34.5 Å². The van der Waals surface area contributed by atoms with Crippen LogP contribution in [0.15, 0.2) is 18.2 Å². The fourth-order valence-electron chi connectivity index (χ4n) is 2.28. The van der Waals surface area contributed by atoms with E-state index in [1.165, 1.54) is 0 Å². The second-order valence-electron chi connectivity index (χ2n) is 6.33. The van der Waals surface area contributed by atoms with Crippen LogP contribution >= 0.6 is 0 Å². The fourth-order valence-corrected chi connectivity index (χ4v) is 2.28. The maximum atomic E-state index is 12.4. The molecule has 4 heteroatoms. The highest BCUT2D eigenvalue weighted by molar-refractivity contribution is 5.93. The van der Waals surface area contributed by atoms with Crippen LogP contribution in [0.5, 0.6) is 0 Å². The van der Waals surface area contributed by atoms with Gasteiger partial charge in [0, 0.05) is 24.3 Å². The highest BCUT2D eigenvalue weighted by Crippen LogP contribution is 2.25. The Morgan fingerprint density at radius 2 is 1.89 bits per heavy atom. The van der Waals surface area contributed by atoms with E-state index in [1.807, 2.05) is 23.1 Å². The number of amides is 2. The fraction of sp³-hybridized carbons (Fsp3) is 0.600. The third-order valence-electron chi connectivity index (χ3n) is 3.44. The lowest BCUT2D eigenvalue weighted by atomic mass is 10.1. The number of urea groups is 1. The Bertz CT molecular complexity index is 477. The Hall–Kier alpha value is -1.58. The van der Waals surface area contributed by atoms with E-state index in [9.17, 15) is 4.79 Å². The molecule has 19 heavy (non-hydrogen) atoms. The minimum absolute atomic E-state index is 0.0564. The van der Waals surface area contributed by atoms with Gasteiger partial charge in [0.05, 0.1) is 0 Å². The molecule has 0 N–H and O–H groups in total. The summed E-state index contributed by atoms with van der Waals surface area (Å²) < 4.78 is 0. The van der Waals surface area contributed by atoms with Gasteiger partial charge >= 0.3 is 6.03 Å². The van der Waals surface area contributed by atoms with Crippen LogP contribution in [0.2, 0.25) is 0 Å². The van der Waals surface area contributed by atoms with Crippen LogP contribution in [0.4, 0.5) is 10.6 Å². The quantitative estimate of drug-likeness (QED) is 0.819.